The zero-order valence-electron chi connectivity index (χ0n) is 15.6. The van der Waals surface area contributed by atoms with Crippen molar-refractivity contribution in [1.82, 2.24) is 24.5 Å². The summed E-state index contributed by atoms with van der Waals surface area (Å²) in [6, 6.07) is 8.90. The molecular weight excluding hydrogens is 366 g/mol. The van der Waals surface area contributed by atoms with Crippen molar-refractivity contribution in [2.45, 2.75) is 33.7 Å². The van der Waals surface area contributed by atoms with Gasteiger partial charge in [0.25, 0.3) is 5.91 Å². The van der Waals surface area contributed by atoms with E-state index < -0.39 is 0 Å². The third-order valence-electron chi connectivity index (χ3n) is 4.17. The predicted octanol–water partition coefficient (Wildman–Crippen LogP) is 3.37. The topological polar surface area (TPSA) is 65.2 Å². The fourth-order valence-corrected chi connectivity index (χ4v) is 2.83. The largest absolute Gasteiger partial charge is 0.470 e. The molecule has 1 aromatic carbocycles. The number of halogens is 1. The molecule has 0 saturated heterocycles. The summed E-state index contributed by atoms with van der Waals surface area (Å²) in [5.74, 6) is 0.415. The van der Waals surface area contributed by atoms with E-state index in [4.69, 9.17) is 16.3 Å². The zero-order chi connectivity index (χ0) is 19.4. The Labute approximate surface area is 163 Å². The minimum absolute atomic E-state index is 0.157. The highest BCUT2D eigenvalue weighted by atomic mass is 35.5. The first-order valence-electron chi connectivity index (χ1n) is 8.67. The Bertz CT molecular complexity index is 934. The molecule has 0 fully saturated rings. The lowest BCUT2D eigenvalue weighted by Gasteiger charge is -2.15. The average Bonchev–Trinajstić information content (AvgIpc) is 3.27. The normalized spacial score (nSPS) is 10.8. The monoisotopic (exact) mass is 387 g/mol. The van der Waals surface area contributed by atoms with Crippen LogP contribution in [0.5, 0.6) is 5.75 Å². The van der Waals surface area contributed by atoms with Crippen LogP contribution in [-0.2, 0) is 19.8 Å². The Kier molecular flexibility index (Phi) is 5.81. The smallest absolute Gasteiger partial charge is 0.274 e. The second-order valence-electron chi connectivity index (χ2n) is 6.20. The van der Waals surface area contributed by atoms with Gasteiger partial charge in [0.05, 0.1) is 10.7 Å². The summed E-state index contributed by atoms with van der Waals surface area (Å²) < 4.78 is 9.06. The number of hydrogen-bond donors (Lipinski definition) is 0. The molecule has 0 radical (unpaired) electrons. The van der Waals surface area contributed by atoms with E-state index in [0.717, 1.165) is 17.8 Å². The van der Waals surface area contributed by atoms with E-state index in [1.54, 1.807) is 41.0 Å². The second-order valence-corrected chi connectivity index (χ2v) is 6.61. The average molecular weight is 388 g/mol. The maximum absolute atomic E-state index is 12.6. The summed E-state index contributed by atoms with van der Waals surface area (Å²) in [4.78, 5) is 14.3. The van der Waals surface area contributed by atoms with Crippen LogP contribution in [0.4, 0.5) is 0 Å². The summed E-state index contributed by atoms with van der Waals surface area (Å²) in [7, 11) is 1.75. The van der Waals surface area contributed by atoms with Crippen molar-refractivity contribution >= 4 is 17.5 Å². The standard InChI is InChI=1S/C19H22ClN5O2/c1-4-24-12-15(14(2)21-24)11-23(3)19(26)17-9-10-25(22-17)13-27-18-8-6-5-7-16(18)20/h5-10,12H,4,11,13H2,1-3H3. The van der Waals surface area contributed by atoms with Gasteiger partial charge in [-0.05, 0) is 32.0 Å². The second kappa shape index (κ2) is 8.26. The molecule has 2 heterocycles. The molecule has 142 valence electrons. The first-order chi connectivity index (χ1) is 13.0. The fourth-order valence-electron chi connectivity index (χ4n) is 2.64. The van der Waals surface area contributed by atoms with E-state index in [2.05, 4.69) is 10.2 Å². The molecule has 0 aliphatic heterocycles. The maximum atomic E-state index is 12.6. The summed E-state index contributed by atoms with van der Waals surface area (Å²) in [6.07, 6.45) is 3.67. The van der Waals surface area contributed by atoms with Crippen molar-refractivity contribution in [2.75, 3.05) is 7.05 Å². The number of aryl methyl sites for hydroxylation is 2. The minimum Gasteiger partial charge on any atom is -0.470 e. The molecule has 0 aliphatic rings. The molecular formula is C19H22ClN5O2. The highest BCUT2D eigenvalue weighted by Crippen LogP contribution is 2.23. The molecule has 0 bridgehead atoms. The van der Waals surface area contributed by atoms with Crippen LogP contribution in [0, 0.1) is 6.92 Å². The molecule has 0 N–H and O–H groups in total. The highest BCUT2D eigenvalue weighted by molar-refractivity contribution is 6.32. The molecule has 0 saturated carbocycles. The first kappa shape index (κ1) is 19.0. The van der Waals surface area contributed by atoms with Gasteiger partial charge in [-0.1, -0.05) is 23.7 Å². The lowest BCUT2D eigenvalue weighted by atomic mass is 10.2. The number of carbonyl (C=O) groups is 1. The molecule has 3 rings (SSSR count). The minimum atomic E-state index is -0.157. The van der Waals surface area contributed by atoms with Crippen molar-refractivity contribution in [3.8, 4) is 5.75 Å². The molecule has 7 nitrogen and oxygen atoms in total. The molecule has 3 aromatic rings. The van der Waals surface area contributed by atoms with Gasteiger partial charge in [0.15, 0.2) is 12.4 Å². The van der Waals surface area contributed by atoms with Gasteiger partial charge < -0.3 is 9.64 Å². The van der Waals surface area contributed by atoms with E-state index in [-0.39, 0.29) is 12.6 Å². The van der Waals surface area contributed by atoms with Crippen LogP contribution in [0.15, 0.2) is 42.7 Å². The molecule has 2 aromatic heterocycles. The molecule has 27 heavy (non-hydrogen) atoms. The lowest BCUT2D eigenvalue weighted by molar-refractivity contribution is 0.0777. The van der Waals surface area contributed by atoms with E-state index in [1.165, 1.54) is 0 Å². The molecule has 0 atom stereocenters. The van der Waals surface area contributed by atoms with Gasteiger partial charge >= 0.3 is 0 Å². The van der Waals surface area contributed by atoms with Crippen molar-refractivity contribution in [2.24, 2.45) is 0 Å². The SMILES string of the molecule is CCn1cc(CN(C)C(=O)c2ccn(COc3ccccc3Cl)n2)c(C)n1. The number of aromatic nitrogens is 4. The van der Waals surface area contributed by atoms with Crippen LogP contribution in [0.1, 0.15) is 28.7 Å². The number of para-hydroxylation sites is 1. The van der Waals surface area contributed by atoms with Crippen LogP contribution in [0.25, 0.3) is 0 Å². The van der Waals surface area contributed by atoms with Crippen LogP contribution in [-0.4, -0.2) is 37.4 Å². The van der Waals surface area contributed by atoms with Crippen molar-refractivity contribution in [3.05, 3.63) is 64.7 Å². The van der Waals surface area contributed by atoms with Gasteiger partial charge in [-0.15, -0.1) is 0 Å². The Hall–Kier alpha value is -2.80. The number of carbonyl (C=O) groups excluding carboxylic acids is 1. The summed E-state index contributed by atoms with van der Waals surface area (Å²) >= 11 is 6.07. The summed E-state index contributed by atoms with van der Waals surface area (Å²) in [5, 5.41) is 9.24. The Balaban J connectivity index is 1.62. The Morgan fingerprint density at radius 2 is 2.00 bits per heavy atom. The predicted molar refractivity (Wildman–Crippen MR) is 103 cm³/mol. The van der Waals surface area contributed by atoms with Crippen LogP contribution in [0.2, 0.25) is 5.02 Å². The molecule has 8 heteroatoms. The van der Waals surface area contributed by atoms with Gasteiger partial charge in [0.2, 0.25) is 0 Å². The number of ether oxygens (including phenoxy) is 1. The Morgan fingerprint density at radius 1 is 1.22 bits per heavy atom. The van der Waals surface area contributed by atoms with Crippen LogP contribution < -0.4 is 4.74 Å². The molecule has 0 unspecified atom stereocenters. The number of amides is 1. The zero-order valence-corrected chi connectivity index (χ0v) is 16.3. The van der Waals surface area contributed by atoms with E-state index in [9.17, 15) is 4.79 Å². The third kappa shape index (κ3) is 4.49. The van der Waals surface area contributed by atoms with Crippen molar-refractivity contribution in [1.29, 1.82) is 0 Å². The van der Waals surface area contributed by atoms with E-state index >= 15 is 0 Å². The maximum Gasteiger partial charge on any atom is 0.274 e. The van der Waals surface area contributed by atoms with Gasteiger partial charge in [-0.3, -0.25) is 9.48 Å². The number of hydrogen-bond acceptors (Lipinski definition) is 4. The summed E-state index contributed by atoms with van der Waals surface area (Å²) in [5.41, 5.74) is 2.31. The lowest BCUT2D eigenvalue weighted by Crippen LogP contribution is -2.27. The van der Waals surface area contributed by atoms with E-state index in [0.29, 0.717) is 23.0 Å². The highest BCUT2D eigenvalue weighted by Gasteiger charge is 2.17. The van der Waals surface area contributed by atoms with Crippen molar-refractivity contribution < 1.29 is 9.53 Å². The molecule has 0 aliphatic carbocycles. The van der Waals surface area contributed by atoms with Gasteiger partial charge in [-0.2, -0.15) is 10.2 Å². The third-order valence-corrected chi connectivity index (χ3v) is 4.49. The molecule has 0 spiro atoms. The number of nitrogens with zero attached hydrogens (tertiary/aromatic N) is 5. The molecule has 1 amide bonds. The van der Waals surface area contributed by atoms with Gasteiger partial charge in [0, 0.05) is 38.1 Å². The van der Waals surface area contributed by atoms with Crippen LogP contribution in [0.3, 0.4) is 0 Å². The van der Waals surface area contributed by atoms with Gasteiger partial charge in [-0.25, -0.2) is 4.68 Å². The number of rotatable bonds is 7. The first-order valence-corrected chi connectivity index (χ1v) is 9.05. The Morgan fingerprint density at radius 3 is 2.70 bits per heavy atom. The summed E-state index contributed by atoms with van der Waals surface area (Å²) in [6.45, 7) is 5.42. The van der Waals surface area contributed by atoms with Crippen molar-refractivity contribution in [3.63, 3.8) is 0 Å². The number of benzene rings is 1. The fraction of sp³-hybridized carbons (Fsp3) is 0.316. The van der Waals surface area contributed by atoms with E-state index in [1.807, 2.05) is 36.9 Å². The quantitative estimate of drug-likeness (QED) is 0.623. The van der Waals surface area contributed by atoms with Crippen LogP contribution >= 0.6 is 11.6 Å². The van der Waals surface area contributed by atoms with Gasteiger partial charge in [0.1, 0.15) is 5.75 Å².